The zero-order chi connectivity index (χ0) is 22.6. The van der Waals surface area contributed by atoms with Gasteiger partial charge in [0.25, 0.3) is 0 Å². The summed E-state index contributed by atoms with van der Waals surface area (Å²) in [6, 6.07) is 15.1. The van der Waals surface area contributed by atoms with Gasteiger partial charge in [-0.2, -0.15) is 4.98 Å². The molecule has 4 aromatic rings. The fourth-order valence-corrected chi connectivity index (χ4v) is 4.72. The van der Waals surface area contributed by atoms with Gasteiger partial charge in [0.15, 0.2) is 0 Å². The van der Waals surface area contributed by atoms with E-state index in [0.29, 0.717) is 5.95 Å². The highest BCUT2D eigenvalue weighted by molar-refractivity contribution is 9.10. The van der Waals surface area contributed by atoms with E-state index < -0.39 is 0 Å². The van der Waals surface area contributed by atoms with Crippen LogP contribution in [0.25, 0.3) is 10.9 Å². The average molecular weight is 505 g/mol. The van der Waals surface area contributed by atoms with E-state index in [1.54, 1.807) is 6.20 Å². The minimum Gasteiger partial charge on any atom is -0.369 e. The summed E-state index contributed by atoms with van der Waals surface area (Å²) in [6.45, 7) is 6.35. The summed E-state index contributed by atoms with van der Waals surface area (Å²) in [5, 5.41) is 8.06. The van der Waals surface area contributed by atoms with E-state index >= 15 is 0 Å². The lowest BCUT2D eigenvalue weighted by Gasteiger charge is -2.15. The lowest BCUT2D eigenvalue weighted by atomic mass is 10.1. The van der Waals surface area contributed by atoms with Crippen LogP contribution < -0.4 is 10.6 Å². The molecule has 7 heteroatoms. The van der Waals surface area contributed by atoms with Crippen molar-refractivity contribution in [1.82, 2.24) is 19.9 Å². The van der Waals surface area contributed by atoms with Crippen LogP contribution in [-0.4, -0.2) is 39.5 Å². The van der Waals surface area contributed by atoms with Gasteiger partial charge in [-0.05, 0) is 90.6 Å². The zero-order valence-electron chi connectivity index (χ0n) is 18.9. The fraction of sp³-hybridized carbons (Fsp3) is 0.308. The van der Waals surface area contributed by atoms with Crippen molar-refractivity contribution >= 4 is 44.3 Å². The van der Waals surface area contributed by atoms with Crippen molar-refractivity contribution < 1.29 is 0 Å². The molecule has 170 valence electrons. The van der Waals surface area contributed by atoms with Crippen LogP contribution in [0.15, 0.2) is 59.3 Å². The first-order chi connectivity index (χ1) is 16.1. The number of aromatic nitrogens is 3. The first-order valence-electron chi connectivity index (χ1n) is 11.6. The number of nitrogens with zero attached hydrogens (tertiary/aromatic N) is 3. The van der Waals surface area contributed by atoms with Gasteiger partial charge in [0.05, 0.1) is 4.47 Å². The largest absolute Gasteiger partial charge is 0.369 e. The van der Waals surface area contributed by atoms with E-state index in [1.165, 1.54) is 53.5 Å². The van der Waals surface area contributed by atoms with Crippen molar-refractivity contribution in [2.24, 2.45) is 0 Å². The highest BCUT2D eigenvalue weighted by Crippen LogP contribution is 2.24. The van der Waals surface area contributed by atoms with E-state index in [2.05, 4.69) is 102 Å². The first kappa shape index (κ1) is 21.9. The molecule has 0 atom stereocenters. The van der Waals surface area contributed by atoms with E-state index in [-0.39, 0.29) is 0 Å². The molecule has 1 fully saturated rings. The number of aromatic amines is 1. The average Bonchev–Trinajstić information content (AvgIpc) is 3.47. The predicted octanol–water partition coefficient (Wildman–Crippen LogP) is 6.02. The van der Waals surface area contributed by atoms with Crippen molar-refractivity contribution in [1.29, 1.82) is 0 Å². The highest BCUT2D eigenvalue weighted by atomic mass is 79.9. The maximum Gasteiger partial charge on any atom is 0.229 e. The molecule has 1 aliphatic heterocycles. The van der Waals surface area contributed by atoms with Crippen LogP contribution in [0.4, 0.5) is 17.5 Å². The lowest BCUT2D eigenvalue weighted by molar-refractivity contribution is 0.331. The molecule has 1 aliphatic rings. The molecule has 2 aromatic heterocycles. The number of aryl methyl sites for hydroxylation is 1. The third-order valence-electron chi connectivity index (χ3n) is 6.17. The molecule has 6 nitrogen and oxygen atoms in total. The van der Waals surface area contributed by atoms with Crippen LogP contribution in [0.3, 0.4) is 0 Å². The number of benzene rings is 2. The van der Waals surface area contributed by atoms with Crippen LogP contribution in [0.1, 0.15) is 29.5 Å². The van der Waals surface area contributed by atoms with Gasteiger partial charge < -0.3 is 15.6 Å². The molecule has 0 aliphatic carbocycles. The number of likely N-dealkylation sites (tertiary alicyclic amines) is 1. The molecule has 0 bridgehead atoms. The topological polar surface area (TPSA) is 68.9 Å². The molecular formula is C26H29BrN6. The Morgan fingerprint density at radius 3 is 2.73 bits per heavy atom. The predicted molar refractivity (Wildman–Crippen MR) is 139 cm³/mol. The Hall–Kier alpha value is -2.90. The first-order valence-corrected chi connectivity index (χ1v) is 12.3. The number of rotatable bonds is 8. The van der Waals surface area contributed by atoms with Gasteiger partial charge in [0.1, 0.15) is 5.82 Å². The van der Waals surface area contributed by atoms with Gasteiger partial charge >= 0.3 is 0 Å². The number of anilines is 3. The summed E-state index contributed by atoms with van der Waals surface area (Å²) < 4.78 is 0.851. The van der Waals surface area contributed by atoms with Crippen LogP contribution in [0.5, 0.6) is 0 Å². The quantitative estimate of drug-likeness (QED) is 0.273. The van der Waals surface area contributed by atoms with Gasteiger partial charge in [-0.3, -0.25) is 4.90 Å². The van der Waals surface area contributed by atoms with Crippen LogP contribution in [-0.2, 0) is 13.0 Å². The van der Waals surface area contributed by atoms with Gasteiger partial charge in [0, 0.05) is 42.1 Å². The molecule has 5 rings (SSSR count). The number of H-pyrrole nitrogens is 1. The Kier molecular flexibility index (Phi) is 6.60. The number of fused-ring (bicyclic) bond motifs is 1. The normalized spacial score (nSPS) is 14.1. The molecular weight excluding hydrogens is 476 g/mol. The van der Waals surface area contributed by atoms with Crippen LogP contribution >= 0.6 is 15.9 Å². The van der Waals surface area contributed by atoms with Gasteiger partial charge in [-0.25, -0.2) is 4.98 Å². The van der Waals surface area contributed by atoms with Gasteiger partial charge in [-0.15, -0.1) is 0 Å². The van der Waals surface area contributed by atoms with Crippen LogP contribution in [0, 0.1) is 6.92 Å². The SMILES string of the molecule is Cc1ccc2[nH]cc(CCNc3nc(Nc4ccc(CN5CCCC5)cc4)ncc3Br)c2c1. The van der Waals surface area contributed by atoms with E-state index in [1.807, 2.05) is 0 Å². The molecule has 2 aromatic carbocycles. The Morgan fingerprint density at radius 1 is 1.09 bits per heavy atom. The minimum atomic E-state index is 0.579. The van der Waals surface area contributed by atoms with Crippen molar-refractivity contribution in [3.8, 4) is 0 Å². The molecule has 1 saturated heterocycles. The van der Waals surface area contributed by atoms with E-state index in [9.17, 15) is 0 Å². The summed E-state index contributed by atoms with van der Waals surface area (Å²) in [5.74, 6) is 1.37. The smallest absolute Gasteiger partial charge is 0.229 e. The van der Waals surface area contributed by atoms with Crippen molar-refractivity contribution in [3.63, 3.8) is 0 Å². The van der Waals surface area contributed by atoms with Crippen molar-refractivity contribution in [2.75, 3.05) is 30.3 Å². The highest BCUT2D eigenvalue weighted by Gasteiger charge is 2.12. The summed E-state index contributed by atoms with van der Waals surface area (Å²) >= 11 is 3.57. The molecule has 0 unspecified atom stereocenters. The second-order valence-electron chi connectivity index (χ2n) is 8.74. The standard InChI is InChI=1S/C26H29BrN6/c1-18-4-9-24-22(14-18)20(15-29-24)10-11-28-25-23(27)16-30-26(32-25)31-21-7-5-19(6-8-21)17-33-12-2-3-13-33/h4-9,14-16,29H,2-3,10-13,17H2,1H3,(H2,28,30,31,32). The fourth-order valence-electron chi connectivity index (χ4n) is 4.39. The van der Waals surface area contributed by atoms with Crippen molar-refractivity contribution in [3.05, 3.63) is 76.0 Å². The Balaban J connectivity index is 1.20. The van der Waals surface area contributed by atoms with E-state index in [0.717, 1.165) is 35.5 Å². The van der Waals surface area contributed by atoms with Gasteiger partial charge in [-0.1, -0.05) is 23.8 Å². The third kappa shape index (κ3) is 5.37. The molecule has 33 heavy (non-hydrogen) atoms. The van der Waals surface area contributed by atoms with E-state index in [4.69, 9.17) is 0 Å². The number of halogens is 1. The lowest BCUT2D eigenvalue weighted by Crippen LogP contribution is -2.18. The Labute approximate surface area is 203 Å². The minimum absolute atomic E-state index is 0.579. The number of nitrogens with one attached hydrogen (secondary N) is 3. The Bertz CT molecular complexity index is 1230. The number of hydrogen-bond donors (Lipinski definition) is 3. The van der Waals surface area contributed by atoms with Crippen LogP contribution in [0.2, 0.25) is 0 Å². The summed E-state index contributed by atoms with van der Waals surface area (Å²) in [7, 11) is 0. The van der Waals surface area contributed by atoms with Gasteiger partial charge in [0.2, 0.25) is 5.95 Å². The second kappa shape index (κ2) is 9.93. The summed E-state index contributed by atoms with van der Waals surface area (Å²) in [5.41, 5.74) is 6.08. The molecule has 0 spiro atoms. The molecule has 3 heterocycles. The monoisotopic (exact) mass is 504 g/mol. The zero-order valence-corrected chi connectivity index (χ0v) is 20.5. The third-order valence-corrected chi connectivity index (χ3v) is 6.75. The van der Waals surface area contributed by atoms with Crippen molar-refractivity contribution in [2.45, 2.75) is 32.7 Å². The maximum atomic E-state index is 4.67. The summed E-state index contributed by atoms with van der Waals surface area (Å²) in [4.78, 5) is 15.0. The molecule has 0 amide bonds. The second-order valence-corrected chi connectivity index (χ2v) is 9.59. The Morgan fingerprint density at radius 2 is 1.91 bits per heavy atom. The summed E-state index contributed by atoms with van der Waals surface area (Å²) in [6.07, 6.45) is 7.42. The molecule has 0 saturated carbocycles. The maximum absolute atomic E-state index is 4.67. The molecule has 0 radical (unpaired) electrons. The number of hydrogen-bond acceptors (Lipinski definition) is 5. The molecule has 3 N–H and O–H groups in total.